The van der Waals surface area contributed by atoms with Crippen LogP contribution >= 0.6 is 0 Å². The molecule has 0 aromatic heterocycles. The number of hydrogen-bond donors (Lipinski definition) is 2. The predicted octanol–water partition coefficient (Wildman–Crippen LogP) is 2.16. The average Bonchev–Trinajstić information content (AvgIpc) is 2.57. The van der Waals surface area contributed by atoms with Crippen LogP contribution < -0.4 is 10.6 Å². The van der Waals surface area contributed by atoms with Gasteiger partial charge in [0.05, 0.1) is 0 Å². The zero-order valence-corrected chi connectivity index (χ0v) is 15.9. The zero-order chi connectivity index (χ0) is 17.6. The zero-order valence-electron chi connectivity index (χ0n) is 15.1. The first-order valence-corrected chi connectivity index (χ1v) is 10.0. The van der Waals surface area contributed by atoms with Gasteiger partial charge in [0.25, 0.3) is 0 Å². The maximum absolute atomic E-state index is 12.1. The van der Waals surface area contributed by atoms with Crippen molar-refractivity contribution in [3.63, 3.8) is 0 Å². The fourth-order valence-electron chi connectivity index (χ4n) is 2.04. The standard InChI is InChI=1S/C18H31N3O2S/c1-16(2)14-23-12-7-10-20-18(19-3)21-11-13-24(22)15-17-8-5-4-6-9-17/h4-6,8-9,16H,7,10-15H2,1-3H3,(H2,19,20,21). The van der Waals surface area contributed by atoms with Crippen molar-refractivity contribution < 1.29 is 8.95 Å². The van der Waals surface area contributed by atoms with Gasteiger partial charge in [0.15, 0.2) is 5.96 Å². The SMILES string of the molecule is CN=C(NCCCOCC(C)C)NCCS(=O)Cc1ccccc1. The summed E-state index contributed by atoms with van der Waals surface area (Å²) >= 11 is 0. The summed E-state index contributed by atoms with van der Waals surface area (Å²) in [5.41, 5.74) is 1.11. The number of nitrogens with zero attached hydrogens (tertiary/aromatic N) is 1. The van der Waals surface area contributed by atoms with E-state index in [9.17, 15) is 4.21 Å². The first-order valence-electron chi connectivity index (χ1n) is 8.53. The summed E-state index contributed by atoms with van der Waals surface area (Å²) in [4.78, 5) is 4.17. The van der Waals surface area contributed by atoms with E-state index in [2.05, 4.69) is 29.5 Å². The second-order valence-corrected chi connectivity index (χ2v) is 7.60. The Labute approximate surface area is 148 Å². The van der Waals surface area contributed by atoms with Gasteiger partial charge < -0.3 is 15.4 Å². The van der Waals surface area contributed by atoms with Crippen molar-refractivity contribution in [3.05, 3.63) is 35.9 Å². The van der Waals surface area contributed by atoms with Crippen LogP contribution in [-0.2, 0) is 21.3 Å². The Bertz CT molecular complexity index is 492. The lowest BCUT2D eigenvalue weighted by molar-refractivity contribution is 0.108. The van der Waals surface area contributed by atoms with Gasteiger partial charge in [-0.15, -0.1) is 0 Å². The number of rotatable bonds is 11. The Hall–Kier alpha value is -1.40. The lowest BCUT2D eigenvalue weighted by Gasteiger charge is -2.12. The number of aliphatic imine (C=N–C) groups is 1. The van der Waals surface area contributed by atoms with Crippen LogP contribution in [0.1, 0.15) is 25.8 Å². The summed E-state index contributed by atoms with van der Waals surface area (Å²) in [5.74, 6) is 2.52. The van der Waals surface area contributed by atoms with E-state index < -0.39 is 10.8 Å². The highest BCUT2D eigenvalue weighted by molar-refractivity contribution is 7.84. The molecule has 0 aliphatic rings. The summed E-state index contributed by atoms with van der Waals surface area (Å²) in [6, 6.07) is 9.93. The Morgan fingerprint density at radius 3 is 2.58 bits per heavy atom. The van der Waals surface area contributed by atoms with Gasteiger partial charge in [0, 0.05) is 55.7 Å². The van der Waals surface area contributed by atoms with E-state index in [1.807, 2.05) is 30.3 Å². The molecule has 136 valence electrons. The molecule has 1 unspecified atom stereocenters. The van der Waals surface area contributed by atoms with Crippen LogP contribution in [0.3, 0.4) is 0 Å². The van der Waals surface area contributed by atoms with Gasteiger partial charge in [-0.25, -0.2) is 0 Å². The van der Waals surface area contributed by atoms with Crippen LogP contribution in [0.4, 0.5) is 0 Å². The summed E-state index contributed by atoms with van der Waals surface area (Å²) in [6.07, 6.45) is 0.938. The third-order valence-corrected chi connectivity index (χ3v) is 4.54. The third kappa shape index (κ3) is 10.4. The second-order valence-electron chi connectivity index (χ2n) is 6.02. The smallest absolute Gasteiger partial charge is 0.191 e. The number of ether oxygens (including phenoxy) is 1. The molecule has 0 bridgehead atoms. The highest BCUT2D eigenvalue weighted by Gasteiger charge is 2.03. The largest absolute Gasteiger partial charge is 0.381 e. The van der Waals surface area contributed by atoms with Gasteiger partial charge in [-0.3, -0.25) is 9.20 Å². The van der Waals surface area contributed by atoms with Crippen LogP contribution in [0.25, 0.3) is 0 Å². The third-order valence-electron chi connectivity index (χ3n) is 3.23. The second kappa shape index (κ2) is 13.0. The van der Waals surface area contributed by atoms with Crippen LogP contribution in [0.5, 0.6) is 0 Å². The van der Waals surface area contributed by atoms with Crippen molar-refractivity contribution in [2.75, 3.05) is 39.1 Å². The normalized spacial score (nSPS) is 13.1. The average molecular weight is 354 g/mol. The van der Waals surface area contributed by atoms with E-state index in [0.29, 0.717) is 24.0 Å². The van der Waals surface area contributed by atoms with Gasteiger partial charge in [0.1, 0.15) is 0 Å². The van der Waals surface area contributed by atoms with Gasteiger partial charge in [-0.05, 0) is 17.9 Å². The van der Waals surface area contributed by atoms with Crippen LogP contribution in [0.15, 0.2) is 35.3 Å². The molecule has 0 fully saturated rings. The first kappa shape index (κ1) is 20.6. The Morgan fingerprint density at radius 2 is 1.92 bits per heavy atom. The van der Waals surface area contributed by atoms with Gasteiger partial charge in [0.2, 0.25) is 0 Å². The molecular formula is C18H31N3O2S. The molecule has 24 heavy (non-hydrogen) atoms. The number of guanidine groups is 1. The molecule has 1 aromatic carbocycles. The summed E-state index contributed by atoms with van der Waals surface area (Å²) in [7, 11) is 0.872. The number of benzene rings is 1. The minimum atomic E-state index is -0.869. The monoisotopic (exact) mass is 353 g/mol. The highest BCUT2D eigenvalue weighted by Crippen LogP contribution is 2.02. The van der Waals surface area contributed by atoms with Crippen LogP contribution in [0.2, 0.25) is 0 Å². The minimum Gasteiger partial charge on any atom is -0.381 e. The van der Waals surface area contributed by atoms with Crippen molar-refractivity contribution in [3.8, 4) is 0 Å². The van der Waals surface area contributed by atoms with Crippen molar-refractivity contribution in [2.24, 2.45) is 10.9 Å². The van der Waals surface area contributed by atoms with Crippen LogP contribution in [0, 0.1) is 5.92 Å². The molecule has 1 aromatic rings. The van der Waals surface area contributed by atoms with Crippen molar-refractivity contribution in [2.45, 2.75) is 26.0 Å². The molecule has 5 nitrogen and oxygen atoms in total. The molecule has 1 rings (SSSR count). The molecule has 0 spiro atoms. The van der Waals surface area contributed by atoms with Crippen molar-refractivity contribution in [1.82, 2.24) is 10.6 Å². The van der Waals surface area contributed by atoms with E-state index in [4.69, 9.17) is 4.74 Å². The molecule has 0 radical (unpaired) electrons. The van der Waals surface area contributed by atoms with E-state index in [1.165, 1.54) is 0 Å². The maximum atomic E-state index is 12.1. The maximum Gasteiger partial charge on any atom is 0.191 e. The molecule has 6 heteroatoms. The minimum absolute atomic E-state index is 0.573. The molecule has 0 aliphatic heterocycles. The van der Waals surface area contributed by atoms with E-state index >= 15 is 0 Å². The summed E-state index contributed by atoms with van der Waals surface area (Å²) < 4.78 is 17.6. The molecule has 0 saturated carbocycles. The summed E-state index contributed by atoms with van der Waals surface area (Å²) in [6.45, 7) is 7.30. The molecule has 0 amide bonds. The lowest BCUT2D eigenvalue weighted by atomic mass is 10.2. The van der Waals surface area contributed by atoms with E-state index in [0.717, 1.165) is 37.7 Å². The quantitative estimate of drug-likeness (QED) is 0.364. The lowest BCUT2D eigenvalue weighted by Crippen LogP contribution is -2.39. The van der Waals surface area contributed by atoms with Crippen molar-refractivity contribution >= 4 is 16.8 Å². The molecule has 0 heterocycles. The van der Waals surface area contributed by atoms with E-state index in [-0.39, 0.29) is 0 Å². The van der Waals surface area contributed by atoms with Gasteiger partial charge in [-0.2, -0.15) is 0 Å². The first-order chi connectivity index (χ1) is 11.6. The van der Waals surface area contributed by atoms with Gasteiger partial charge >= 0.3 is 0 Å². The molecule has 0 aliphatic carbocycles. The number of nitrogens with one attached hydrogen (secondary N) is 2. The molecule has 0 saturated heterocycles. The summed E-state index contributed by atoms with van der Waals surface area (Å²) in [5, 5.41) is 6.44. The Morgan fingerprint density at radius 1 is 1.21 bits per heavy atom. The highest BCUT2D eigenvalue weighted by atomic mass is 32.2. The molecule has 2 N–H and O–H groups in total. The topological polar surface area (TPSA) is 62.7 Å². The Kier molecular flexibility index (Phi) is 11.1. The van der Waals surface area contributed by atoms with E-state index in [1.54, 1.807) is 7.05 Å². The number of hydrogen-bond acceptors (Lipinski definition) is 3. The fraction of sp³-hybridized carbons (Fsp3) is 0.611. The fourth-order valence-corrected chi connectivity index (χ4v) is 3.07. The van der Waals surface area contributed by atoms with Gasteiger partial charge in [-0.1, -0.05) is 44.2 Å². The van der Waals surface area contributed by atoms with Crippen LogP contribution in [-0.4, -0.2) is 49.3 Å². The Balaban J connectivity index is 2.10. The van der Waals surface area contributed by atoms with Crippen molar-refractivity contribution in [1.29, 1.82) is 0 Å². The predicted molar refractivity (Wildman–Crippen MR) is 103 cm³/mol. The molecular weight excluding hydrogens is 322 g/mol. The molecule has 1 atom stereocenters.